The van der Waals surface area contributed by atoms with Gasteiger partial charge in [0.25, 0.3) is 0 Å². The van der Waals surface area contributed by atoms with Crippen LogP contribution in [0.1, 0.15) is 22.0 Å². The minimum Gasteiger partial charge on any atom is -0.313 e. The van der Waals surface area contributed by atoms with Crippen LogP contribution in [0, 0.1) is 6.92 Å². The first-order valence-corrected chi connectivity index (χ1v) is 7.82. The van der Waals surface area contributed by atoms with Gasteiger partial charge in [-0.1, -0.05) is 17.7 Å². The van der Waals surface area contributed by atoms with E-state index in [2.05, 4.69) is 51.7 Å². The molecule has 0 amide bonds. The third-order valence-electron chi connectivity index (χ3n) is 3.05. The minimum atomic E-state index is 0.290. The number of nitrogens with one attached hydrogen (secondary N) is 1. The predicted molar refractivity (Wildman–Crippen MR) is 83.7 cm³/mol. The minimum absolute atomic E-state index is 0.290. The van der Waals surface area contributed by atoms with Crippen LogP contribution in [0.4, 0.5) is 0 Å². The molecule has 0 radical (unpaired) electrons. The molecule has 1 aromatic heterocycles. The van der Waals surface area contributed by atoms with Crippen molar-refractivity contribution in [3.8, 4) is 0 Å². The van der Waals surface area contributed by atoms with Crippen LogP contribution in [0.5, 0.6) is 0 Å². The average Bonchev–Trinajstić information content (AvgIpc) is 2.75. The summed E-state index contributed by atoms with van der Waals surface area (Å²) in [6, 6.07) is 8.45. The molecule has 0 spiro atoms. The lowest BCUT2D eigenvalue weighted by Crippen LogP contribution is -2.19. The monoisotopic (exact) mass is 343 g/mol. The van der Waals surface area contributed by atoms with E-state index in [1.807, 2.05) is 13.1 Å². The SMILES string of the molecule is CNC(Cc1sccc1Br)c1cc(Cl)ccc1C. The van der Waals surface area contributed by atoms with Crippen molar-refractivity contribution in [1.29, 1.82) is 0 Å². The van der Waals surface area contributed by atoms with E-state index >= 15 is 0 Å². The van der Waals surface area contributed by atoms with Crippen LogP contribution in [0.25, 0.3) is 0 Å². The third kappa shape index (κ3) is 3.15. The number of likely N-dealkylation sites (N-methyl/N-ethyl adjacent to an activating group) is 1. The number of rotatable bonds is 4. The van der Waals surface area contributed by atoms with Gasteiger partial charge in [-0.2, -0.15) is 0 Å². The summed E-state index contributed by atoms with van der Waals surface area (Å²) in [5, 5.41) is 6.28. The first kappa shape index (κ1) is 14.1. The van der Waals surface area contributed by atoms with Crippen molar-refractivity contribution in [1.82, 2.24) is 5.32 Å². The normalized spacial score (nSPS) is 12.7. The second kappa shape index (κ2) is 6.20. The van der Waals surface area contributed by atoms with Gasteiger partial charge in [0.15, 0.2) is 0 Å². The molecule has 1 unspecified atom stereocenters. The maximum atomic E-state index is 6.10. The Balaban J connectivity index is 2.28. The number of hydrogen-bond donors (Lipinski definition) is 1. The van der Waals surface area contributed by atoms with Crippen molar-refractivity contribution in [3.05, 3.63) is 55.1 Å². The molecule has 96 valence electrons. The van der Waals surface area contributed by atoms with Gasteiger partial charge in [-0.25, -0.2) is 0 Å². The standard InChI is InChI=1S/C14H15BrClNS/c1-9-3-4-10(16)7-11(9)13(17-2)8-14-12(15)5-6-18-14/h3-7,13,17H,8H2,1-2H3. The fourth-order valence-corrected chi connectivity index (χ4v) is 3.75. The lowest BCUT2D eigenvalue weighted by Gasteiger charge is -2.19. The molecule has 1 nitrogen and oxygen atoms in total. The van der Waals surface area contributed by atoms with Crippen LogP contribution in [0.3, 0.4) is 0 Å². The molecular weight excluding hydrogens is 330 g/mol. The fraction of sp³-hybridized carbons (Fsp3) is 0.286. The fourth-order valence-electron chi connectivity index (χ4n) is 2.01. The predicted octanol–water partition coefficient (Wildman–Crippen LogP) is 4.98. The molecule has 0 bridgehead atoms. The lowest BCUT2D eigenvalue weighted by molar-refractivity contribution is 0.592. The van der Waals surface area contributed by atoms with Crippen LogP contribution < -0.4 is 5.32 Å². The molecule has 0 aliphatic heterocycles. The summed E-state index contributed by atoms with van der Waals surface area (Å²) in [4.78, 5) is 1.36. The summed E-state index contributed by atoms with van der Waals surface area (Å²) < 4.78 is 1.19. The van der Waals surface area contributed by atoms with Gasteiger partial charge in [0.1, 0.15) is 0 Å². The van der Waals surface area contributed by atoms with Gasteiger partial charge in [-0.05, 0) is 64.6 Å². The maximum absolute atomic E-state index is 6.10. The number of benzene rings is 1. The largest absolute Gasteiger partial charge is 0.313 e. The van der Waals surface area contributed by atoms with E-state index in [1.54, 1.807) is 11.3 Å². The Morgan fingerprint density at radius 2 is 2.17 bits per heavy atom. The van der Waals surface area contributed by atoms with Crippen LogP contribution >= 0.6 is 38.9 Å². The molecule has 1 aromatic carbocycles. The Morgan fingerprint density at radius 3 is 2.78 bits per heavy atom. The zero-order chi connectivity index (χ0) is 13.1. The molecule has 2 aromatic rings. The highest BCUT2D eigenvalue weighted by Gasteiger charge is 2.15. The Labute approximate surface area is 125 Å². The van der Waals surface area contributed by atoms with E-state index in [9.17, 15) is 0 Å². The summed E-state index contributed by atoms with van der Waals surface area (Å²) in [5.41, 5.74) is 2.54. The molecule has 1 atom stereocenters. The van der Waals surface area contributed by atoms with E-state index in [0.29, 0.717) is 6.04 Å². The second-order valence-electron chi connectivity index (χ2n) is 4.24. The maximum Gasteiger partial charge on any atom is 0.0409 e. The van der Waals surface area contributed by atoms with Gasteiger partial charge in [0, 0.05) is 26.8 Å². The molecule has 0 fully saturated rings. The Kier molecular flexibility index (Phi) is 4.84. The van der Waals surface area contributed by atoms with Crippen LogP contribution in [0.2, 0.25) is 5.02 Å². The Hall–Kier alpha value is -0.350. The van der Waals surface area contributed by atoms with Gasteiger partial charge in [-0.3, -0.25) is 0 Å². The van der Waals surface area contributed by atoms with Crippen LogP contribution in [-0.2, 0) is 6.42 Å². The summed E-state index contributed by atoms with van der Waals surface area (Å²) in [6.07, 6.45) is 0.968. The van der Waals surface area contributed by atoms with Crippen molar-refractivity contribution in [2.45, 2.75) is 19.4 Å². The highest BCUT2D eigenvalue weighted by atomic mass is 79.9. The van der Waals surface area contributed by atoms with E-state index < -0.39 is 0 Å². The number of aryl methyl sites for hydroxylation is 1. The zero-order valence-corrected chi connectivity index (χ0v) is 13.5. The zero-order valence-electron chi connectivity index (χ0n) is 10.3. The molecule has 0 saturated carbocycles. The van der Waals surface area contributed by atoms with E-state index in [0.717, 1.165) is 11.4 Å². The molecule has 1 N–H and O–H groups in total. The van der Waals surface area contributed by atoms with Gasteiger partial charge in [-0.15, -0.1) is 11.3 Å². The van der Waals surface area contributed by atoms with Gasteiger partial charge in [0.2, 0.25) is 0 Å². The highest BCUT2D eigenvalue weighted by Crippen LogP contribution is 2.30. The molecule has 0 aliphatic carbocycles. The van der Waals surface area contributed by atoms with Gasteiger partial charge >= 0.3 is 0 Å². The molecule has 2 rings (SSSR count). The smallest absolute Gasteiger partial charge is 0.0409 e. The number of thiophene rings is 1. The van der Waals surface area contributed by atoms with Crippen molar-refractivity contribution < 1.29 is 0 Å². The molecule has 4 heteroatoms. The van der Waals surface area contributed by atoms with E-state index in [1.165, 1.54) is 20.5 Å². The first-order valence-electron chi connectivity index (χ1n) is 5.77. The number of hydrogen-bond acceptors (Lipinski definition) is 2. The van der Waals surface area contributed by atoms with Crippen LogP contribution in [-0.4, -0.2) is 7.05 Å². The van der Waals surface area contributed by atoms with Crippen molar-refractivity contribution in [3.63, 3.8) is 0 Å². The molecule has 18 heavy (non-hydrogen) atoms. The van der Waals surface area contributed by atoms with Crippen LogP contribution in [0.15, 0.2) is 34.1 Å². The lowest BCUT2D eigenvalue weighted by atomic mass is 9.98. The average molecular weight is 345 g/mol. The number of halogens is 2. The van der Waals surface area contributed by atoms with Crippen molar-refractivity contribution in [2.75, 3.05) is 7.05 Å². The first-order chi connectivity index (χ1) is 8.61. The summed E-state index contributed by atoms with van der Waals surface area (Å²) >= 11 is 11.5. The summed E-state index contributed by atoms with van der Waals surface area (Å²) in [6.45, 7) is 2.12. The van der Waals surface area contributed by atoms with Gasteiger partial charge < -0.3 is 5.32 Å². The van der Waals surface area contributed by atoms with Gasteiger partial charge in [0.05, 0.1) is 0 Å². The summed E-state index contributed by atoms with van der Waals surface area (Å²) in [7, 11) is 1.99. The van der Waals surface area contributed by atoms with Crippen molar-refractivity contribution >= 4 is 38.9 Å². The molecule has 0 saturated heterocycles. The Bertz CT molecular complexity index is 538. The molecule has 0 aliphatic rings. The highest BCUT2D eigenvalue weighted by molar-refractivity contribution is 9.10. The van der Waals surface area contributed by atoms with Crippen molar-refractivity contribution in [2.24, 2.45) is 0 Å². The second-order valence-corrected chi connectivity index (χ2v) is 6.53. The quantitative estimate of drug-likeness (QED) is 0.825. The van der Waals surface area contributed by atoms with E-state index in [-0.39, 0.29) is 0 Å². The summed E-state index contributed by atoms with van der Waals surface area (Å²) in [5.74, 6) is 0. The van der Waals surface area contributed by atoms with E-state index in [4.69, 9.17) is 11.6 Å². The molecule has 1 heterocycles. The third-order valence-corrected chi connectivity index (χ3v) is 5.23. The Morgan fingerprint density at radius 1 is 1.39 bits per heavy atom. The molecular formula is C14H15BrClNS. The topological polar surface area (TPSA) is 12.0 Å².